The lowest BCUT2D eigenvalue weighted by atomic mass is 9.68. The molecule has 0 spiro atoms. The van der Waals surface area contributed by atoms with Gasteiger partial charge in [-0.15, -0.1) is 15.3 Å². The van der Waals surface area contributed by atoms with Crippen LogP contribution in [-0.4, -0.2) is 57.4 Å². The van der Waals surface area contributed by atoms with E-state index in [1.54, 1.807) is 0 Å². The van der Waals surface area contributed by atoms with Gasteiger partial charge in [0.15, 0.2) is 17.5 Å². The van der Waals surface area contributed by atoms with Crippen molar-refractivity contribution in [3.8, 4) is 0 Å². The third-order valence-corrected chi connectivity index (χ3v) is 17.1. The van der Waals surface area contributed by atoms with Crippen LogP contribution in [0.4, 0.5) is 34.1 Å². The number of nitrogens with one attached hydrogen (secondary N) is 3. The summed E-state index contributed by atoms with van der Waals surface area (Å²) >= 11 is 0. The van der Waals surface area contributed by atoms with E-state index in [9.17, 15) is 32.8 Å². The van der Waals surface area contributed by atoms with Crippen molar-refractivity contribution in [2.45, 2.75) is 70.5 Å². The van der Waals surface area contributed by atoms with E-state index in [1.807, 2.05) is 311 Å². The van der Waals surface area contributed by atoms with Gasteiger partial charge in [-0.2, -0.15) is 39.1 Å². The first-order chi connectivity index (χ1) is 44.3. The van der Waals surface area contributed by atoms with Crippen molar-refractivity contribution in [1.29, 1.82) is 0 Å². The highest BCUT2D eigenvalue weighted by Gasteiger charge is 2.67. The maximum Gasteiger partial charge on any atom is 0.328 e. The number of amidine groups is 3. The minimum atomic E-state index is -5.12. The Morgan fingerprint density at radius 3 is 0.846 bits per heavy atom. The zero-order chi connectivity index (χ0) is 64.1. The van der Waals surface area contributed by atoms with E-state index in [-0.39, 0.29) is 19.3 Å². The van der Waals surface area contributed by atoms with Gasteiger partial charge in [0.2, 0.25) is 4.75 Å². The lowest BCUT2D eigenvalue weighted by molar-refractivity contribution is -0.161. The van der Waals surface area contributed by atoms with Crippen molar-refractivity contribution in [1.82, 2.24) is 16.3 Å². The fourth-order valence-corrected chi connectivity index (χ4v) is 12.1. The Hall–Kier alpha value is -11.0. The summed E-state index contributed by atoms with van der Waals surface area (Å²) in [6.07, 6.45) is 1.59. The number of carbonyl (C=O) groups is 2. The summed E-state index contributed by atoms with van der Waals surface area (Å²) in [6.45, 7) is 4.78. The summed E-state index contributed by atoms with van der Waals surface area (Å²) in [7, 11) is -5.12. The summed E-state index contributed by atoms with van der Waals surface area (Å²) < 4.78 is 30.8. The van der Waals surface area contributed by atoms with Gasteiger partial charge in [0, 0.05) is 16.7 Å². The van der Waals surface area contributed by atoms with E-state index < -0.39 is 38.6 Å². The highest BCUT2D eigenvalue weighted by molar-refractivity contribution is 7.88. The van der Waals surface area contributed by atoms with Crippen LogP contribution in [-0.2, 0) is 19.7 Å². The minimum absolute atomic E-state index is 0.210. The van der Waals surface area contributed by atoms with Gasteiger partial charge in [-0.05, 0) is 92.1 Å². The number of rotatable bonds is 20. The summed E-state index contributed by atoms with van der Waals surface area (Å²) in [5.74, 6) is -0.875. The van der Waals surface area contributed by atoms with Gasteiger partial charge in [0.25, 0.3) is 10.1 Å². The van der Waals surface area contributed by atoms with Crippen LogP contribution < -0.4 is 47.0 Å². The molecule has 466 valence electrons. The first-order valence-corrected chi connectivity index (χ1v) is 31.5. The predicted octanol–water partition coefficient (Wildman–Crippen LogP) is 13.9. The quantitative estimate of drug-likeness (QED) is 0.0308. The molecular formula is C71H74N12O7S. The fourth-order valence-electron chi connectivity index (χ4n) is 10.7. The molecule has 91 heavy (non-hydrogen) atoms. The van der Waals surface area contributed by atoms with Crippen LogP contribution in [0.3, 0.4) is 0 Å². The number of para-hydroxylation sites is 6. The lowest BCUT2D eigenvalue weighted by Crippen LogP contribution is -2.62. The molecule has 0 fully saturated rings. The molecule has 0 bridgehead atoms. The summed E-state index contributed by atoms with van der Waals surface area (Å²) in [5.41, 5.74) is 17.3. The number of hydrogen-bond donors (Lipinski definition) is 6. The molecule has 9 aromatic carbocycles. The summed E-state index contributed by atoms with van der Waals surface area (Å²) in [4.78, 5) is 23.5. The van der Waals surface area contributed by atoms with Crippen LogP contribution in [0.5, 0.6) is 0 Å². The number of aliphatic carboxylic acids is 2. The largest absolute Gasteiger partial charge is 0.481 e. The smallest absolute Gasteiger partial charge is 0.328 e. The molecule has 0 aliphatic carbocycles. The van der Waals surface area contributed by atoms with Crippen LogP contribution in [0.25, 0.3) is 0 Å². The van der Waals surface area contributed by atoms with Crippen molar-refractivity contribution in [2.75, 3.05) is 30.7 Å². The molecule has 19 nitrogen and oxygen atoms in total. The number of anilines is 6. The molecule has 6 N–H and O–H groups in total. The van der Waals surface area contributed by atoms with Gasteiger partial charge in [-0.1, -0.05) is 247 Å². The Kier molecular flexibility index (Phi) is 21.8. The molecule has 3 heterocycles. The number of carboxylic acid groups (broad SMARTS) is 2. The van der Waals surface area contributed by atoms with Gasteiger partial charge in [0.1, 0.15) is 0 Å². The van der Waals surface area contributed by atoms with Crippen LogP contribution >= 0.6 is 0 Å². The second-order valence-corrected chi connectivity index (χ2v) is 22.8. The van der Waals surface area contributed by atoms with E-state index in [1.165, 1.54) is 13.8 Å². The number of nitrogens with zero attached hydrogens (tertiary/aromatic N) is 9. The van der Waals surface area contributed by atoms with Gasteiger partial charge >= 0.3 is 11.9 Å². The molecule has 12 rings (SSSR count). The van der Waals surface area contributed by atoms with E-state index in [0.717, 1.165) is 81.2 Å². The molecule has 1 unspecified atom stereocenters. The molecular weight excluding hydrogens is 1160 g/mol. The van der Waals surface area contributed by atoms with Crippen molar-refractivity contribution >= 4 is 73.7 Å². The van der Waals surface area contributed by atoms with E-state index in [0.29, 0.717) is 6.42 Å². The highest BCUT2D eigenvalue weighted by Crippen LogP contribution is 2.47. The van der Waals surface area contributed by atoms with Crippen molar-refractivity contribution in [3.05, 3.63) is 290 Å². The van der Waals surface area contributed by atoms with Gasteiger partial charge < -0.3 is 10.2 Å². The van der Waals surface area contributed by atoms with Crippen molar-refractivity contribution in [3.63, 3.8) is 0 Å². The third-order valence-electron chi connectivity index (χ3n) is 15.5. The summed E-state index contributed by atoms with van der Waals surface area (Å²) in [5, 5.41) is 44.8. The first kappa shape index (κ1) is 64.5. The monoisotopic (exact) mass is 1240 g/mol. The minimum Gasteiger partial charge on any atom is -0.481 e. The van der Waals surface area contributed by atoms with Crippen LogP contribution in [0.2, 0.25) is 0 Å². The Balaban J connectivity index is 0.000000144. The Morgan fingerprint density at radius 2 is 0.626 bits per heavy atom. The molecule has 3 aliphatic rings. The van der Waals surface area contributed by atoms with Crippen LogP contribution in [0.1, 0.15) is 82.4 Å². The second-order valence-electron chi connectivity index (χ2n) is 21.1. The molecule has 20 heteroatoms. The Labute approximate surface area is 531 Å². The summed E-state index contributed by atoms with van der Waals surface area (Å²) in [6, 6.07) is 91.0. The average molecular weight is 1240 g/mol. The topological polar surface area (TPSA) is 222 Å². The molecule has 0 amide bonds. The SMILES string of the molecule is CCCCCCC(C(=O)O)(C(CC)(CC)C(=O)O)S(=O)(=O)O.c1ccc(C2=NN(c3ccccc3)N(c3ccccc3)N2)cc1.c1ccc(C2=NN(c3ccccc3)N(c3ccccc3)N2)cc1.c1ccc(C2=NN(c3ccccc3)N(c3ccccc3)N2)cc1. The second kappa shape index (κ2) is 30.8. The number of benzene rings is 9. The van der Waals surface area contributed by atoms with E-state index >= 15 is 0 Å². The molecule has 0 radical (unpaired) electrons. The first-order valence-electron chi connectivity index (χ1n) is 30.1. The maximum absolute atomic E-state index is 11.9. The average Bonchev–Trinajstić information content (AvgIpc) is 1.68. The van der Waals surface area contributed by atoms with Crippen LogP contribution in [0, 0.1) is 5.41 Å². The molecule has 9 aromatic rings. The number of unbranched alkanes of at least 4 members (excludes halogenated alkanes) is 3. The standard InChI is InChI=1S/3C19H16N4.C14H26O7S/c3*1-4-10-16(11-5-1)19-20-22(17-12-6-2-7-13-17)23(21-19)18-14-8-3-9-15-18;1-4-7-8-9-10-14(12(17)18,22(19,20)21)13(5-2,6-3)11(15)16/h3*1-15H,(H,20,21);4-10H2,1-3H3,(H,15,16)(H,17,18)(H,19,20,21). The van der Waals surface area contributed by atoms with E-state index in [2.05, 4.69) is 16.3 Å². The molecule has 0 aromatic heterocycles. The lowest BCUT2D eigenvalue weighted by Gasteiger charge is -2.41. The normalized spacial score (nSPS) is 14.0. The van der Waals surface area contributed by atoms with Crippen molar-refractivity contribution < 1.29 is 32.8 Å². The van der Waals surface area contributed by atoms with Gasteiger partial charge in [-0.25, -0.2) is 0 Å². The molecule has 0 saturated heterocycles. The third kappa shape index (κ3) is 15.1. The molecule has 3 aliphatic heterocycles. The number of hydrogen-bond acceptors (Lipinski definition) is 16. The highest BCUT2D eigenvalue weighted by atomic mass is 32.2. The Bertz CT molecular complexity index is 3610. The number of hydrazine groups is 6. The molecule has 1 atom stereocenters. The maximum atomic E-state index is 11.9. The van der Waals surface area contributed by atoms with E-state index in [4.69, 9.17) is 15.3 Å². The fraction of sp³-hybridized carbons (Fsp3) is 0.169. The zero-order valence-electron chi connectivity index (χ0n) is 50.8. The van der Waals surface area contributed by atoms with Crippen molar-refractivity contribution in [2.24, 2.45) is 20.7 Å². The van der Waals surface area contributed by atoms with Gasteiger partial charge in [0.05, 0.1) is 39.5 Å². The van der Waals surface area contributed by atoms with Crippen LogP contribution in [0.15, 0.2) is 288 Å². The van der Waals surface area contributed by atoms with Gasteiger partial charge in [-0.3, -0.25) is 30.4 Å². The zero-order valence-corrected chi connectivity index (χ0v) is 51.7. The molecule has 0 saturated carbocycles. The number of hydrazone groups is 3. The number of carboxylic acids is 2. The Morgan fingerprint density at radius 1 is 0.374 bits per heavy atom. The predicted molar refractivity (Wildman–Crippen MR) is 363 cm³/mol.